The van der Waals surface area contributed by atoms with Crippen LogP contribution in [0, 0.1) is 0 Å². The lowest BCUT2D eigenvalue weighted by atomic mass is 9.90. The van der Waals surface area contributed by atoms with Gasteiger partial charge in [0.2, 0.25) is 0 Å². The zero-order valence-corrected chi connectivity index (χ0v) is 5.74. The van der Waals surface area contributed by atoms with Gasteiger partial charge in [-0.2, -0.15) is 0 Å². The molecule has 1 aliphatic carbocycles. The lowest BCUT2D eigenvalue weighted by molar-refractivity contribution is 0.0656. The van der Waals surface area contributed by atoms with Crippen LogP contribution in [-0.2, 0) is 0 Å². The normalized spacial score (nSPS) is 35.2. The second-order valence-corrected chi connectivity index (χ2v) is 2.11. The molecule has 3 heteroatoms. The Labute approximate surface area is 55.7 Å². The molecule has 50 valence electrons. The molecule has 0 unspecified atom stereocenters. The summed E-state index contributed by atoms with van der Waals surface area (Å²) in [6, 6.07) is 0.593. The fourth-order valence-electron chi connectivity index (χ4n) is 0.824. The van der Waals surface area contributed by atoms with E-state index in [4.69, 9.17) is 5.11 Å². The third-order valence-electron chi connectivity index (χ3n) is 1.52. The maximum absolute atomic E-state index is 8.71. The average Bonchev–Trinajstić information content (AvgIpc) is 1.58. The van der Waals surface area contributed by atoms with Gasteiger partial charge in [-0.3, -0.25) is 0 Å². The van der Waals surface area contributed by atoms with Gasteiger partial charge in [0, 0.05) is 6.04 Å². The summed E-state index contributed by atoms with van der Waals surface area (Å²) in [5.74, 6) is 0. The minimum Gasteiger partial charge on any atom is -0.393 e. The Hall–Kier alpha value is 0.210. The van der Waals surface area contributed by atoms with Crippen molar-refractivity contribution in [1.29, 1.82) is 0 Å². The first kappa shape index (κ1) is 8.21. The van der Waals surface area contributed by atoms with Gasteiger partial charge in [-0.05, 0) is 19.9 Å². The summed E-state index contributed by atoms with van der Waals surface area (Å²) < 4.78 is 0. The predicted molar refractivity (Wildman–Crippen MR) is 35.3 cm³/mol. The molecular weight excluding hydrogens is 126 g/mol. The minimum atomic E-state index is -0.0163. The van der Waals surface area contributed by atoms with Crippen molar-refractivity contribution in [3.05, 3.63) is 0 Å². The van der Waals surface area contributed by atoms with Gasteiger partial charge in [0.25, 0.3) is 0 Å². The van der Waals surface area contributed by atoms with E-state index in [1.165, 1.54) is 0 Å². The third-order valence-corrected chi connectivity index (χ3v) is 1.52. The molecule has 8 heavy (non-hydrogen) atoms. The molecule has 0 aromatic rings. The molecule has 2 N–H and O–H groups in total. The number of hydrogen-bond donors (Lipinski definition) is 2. The fraction of sp³-hybridized carbons (Fsp3) is 1.00. The zero-order chi connectivity index (χ0) is 5.28. The molecule has 0 aromatic carbocycles. The zero-order valence-electron chi connectivity index (χ0n) is 4.92. The molecule has 0 saturated heterocycles. The molecule has 0 aliphatic heterocycles. The van der Waals surface area contributed by atoms with Crippen molar-refractivity contribution in [3.63, 3.8) is 0 Å². The van der Waals surface area contributed by atoms with E-state index in [0.29, 0.717) is 6.04 Å². The molecule has 0 atom stereocenters. The van der Waals surface area contributed by atoms with Crippen LogP contribution >= 0.6 is 12.4 Å². The van der Waals surface area contributed by atoms with E-state index in [0.717, 1.165) is 12.8 Å². The van der Waals surface area contributed by atoms with E-state index in [9.17, 15) is 0 Å². The van der Waals surface area contributed by atoms with Crippen molar-refractivity contribution in [3.8, 4) is 0 Å². The van der Waals surface area contributed by atoms with Crippen molar-refractivity contribution in [1.82, 2.24) is 5.32 Å². The largest absolute Gasteiger partial charge is 0.393 e. The van der Waals surface area contributed by atoms with Crippen molar-refractivity contribution in [2.24, 2.45) is 0 Å². The van der Waals surface area contributed by atoms with Crippen LogP contribution in [-0.4, -0.2) is 24.3 Å². The first-order valence-corrected chi connectivity index (χ1v) is 2.68. The van der Waals surface area contributed by atoms with Crippen molar-refractivity contribution >= 4 is 12.4 Å². The SMILES string of the molecule is CN[C@H]1C[C@@H](O)C1.Cl. The molecule has 0 radical (unpaired) electrons. The summed E-state index contributed by atoms with van der Waals surface area (Å²) in [6.07, 6.45) is 1.87. The average molecular weight is 138 g/mol. The van der Waals surface area contributed by atoms with Crippen molar-refractivity contribution in [2.45, 2.75) is 25.0 Å². The topological polar surface area (TPSA) is 32.3 Å². The molecule has 1 rings (SSSR count). The Morgan fingerprint density at radius 1 is 1.50 bits per heavy atom. The highest BCUT2D eigenvalue weighted by molar-refractivity contribution is 5.85. The molecule has 0 heterocycles. The highest BCUT2D eigenvalue weighted by atomic mass is 35.5. The molecule has 1 aliphatic rings. The molecule has 0 bridgehead atoms. The maximum Gasteiger partial charge on any atom is 0.0570 e. The standard InChI is InChI=1S/C5H11NO.ClH/c1-6-4-2-5(7)3-4;/h4-7H,2-3H2,1H3;1H/t4-,5+;. The highest BCUT2D eigenvalue weighted by Crippen LogP contribution is 2.18. The fourth-order valence-corrected chi connectivity index (χ4v) is 0.824. The van der Waals surface area contributed by atoms with Gasteiger partial charge in [-0.25, -0.2) is 0 Å². The number of aliphatic hydroxyl groups is 1. The summed E-state index contributed by atoms with van der Waals surface area (Å²) in [5.41, 5.74) is 0. The van der Waals surface area contributed by atoms with Crippen LogP contribution in [0.15, 0.2) is 0 Å². The summed E-state index contributed by atoms with van der Waals surface area (Å²) in [6.45, 7) is 0. The molecule has 2 nitrogen and oxygen atoms in total. The molecule has 1 fully saturated rings. The molecule has 0 amide bonds. The van der Waals surface area contributed by atoms with Gasteiger partial charge in [0.1, 0.15) is 0 Å². The number of hydrogen-bond acceptors (Lipinski definition) is 2. The van der Waals surface area contributed by atoms with Crippen molar-refractivity contribution in [2.75, 3.05) is 7.05 Å². The van der Waals surface area contributed by atoms with Crippen LogP contribution in [0.4, 0.5) is 0 Å². The Bertz CT molecular complexity index is 63.4. The highest BCUT2D eigenvalue weighted by Gasteiger charge is 2.24. The number of rotatable bonds is 1. The molecule has 0 aromatic heterocycles. The smallest absolute Gasteiger partial charge is 0.0570 e. The van der Waals surface area contributed by atoms with Gasteiger partial charge in [-0.15, -0.1) is 12.4 Å². The van der Waals surface area contributed by atoms with Crippen LogP contribution < -0.4 is 5.32 Å². The van der Waals surface area contributed by atoms with E-state index in [2.05, 4.69) is 5.32 Å². The number of aliphatic hydroxyl groups excluding tert-OH is 1. The molecular formula is C5H12ClNO. The summed E-state index contributed by atoms with van der Waals surface area (Å²) in [7, 11) is 1.93. The number of nitrogens with one attached hydrogen (secondary N) is 1. The Kier molecular flexibility index (Phi) is 3.36. The lowest BCUT2D eigenvalue weighted by Gasteiger charge is -2.30. The first-order valence-electron chi connectivity index (χ1n) is 2.68. The van der Waals surface area contributed by atoms with E-state index in [1.807, 2.05) is 7.05 Å². The second kappa shape index (κ2) is 3.28. The molecule has 1 saturated carbocycles. The molecule has 0 spiro atoms. The van der Waals surface area contributed by atoms with Crippen LogP contribution in [0.25, 0.3) is 0 Å². The summed E-state index contributed by atoms with van der Waals surface area (Å²) in [5, 5.41) is 11.8. The maximum atomic E-state index is 8.71. The lowest BCUT2D eigenvalue weighted by Crippen LogP contribution is -2.42. The van der Waals surface area contributed by atoms with E-state index in [1.54, 1.807) is 0 Å². The van der Waals surface area contributed by atoms with Gasteiger partial charge in [0.05, 0.1) is 6.10 Å². The van der Waals surface area contributed by atoms with E-state index in [-0.39, 0.29) is 18.5 Å². The summed E-state index contributed by atoms with van der Waals surface area (Å²) in [4.78, 5) is 0. The van der Waals surface area contributed by atoms with Crippen molar-refractivity contribution < 1.29 is 5.11 Å². The minimum absolute atomic E-state index is 0. The predicted octanol–water partition coefficient (Wildman–Crippen LogP) is 0.151. The third kappa shape index (κ3) is 1.62. The second-order valence-electron chi connectivity index (χ2n) is 2.11. The Morgan fingerprint density at radius 3 is 2.12 bits per heavy atom. The van der Waals surface area contributed by atoms with Crippen LogP contribution in [0.2, 0.25) is 0 Å². The van der Waals surface area contributed by atoms with Gasteiger partial charge >= 0.3 is 0 Å². The Morgan fingerprint density at radius 2 is 2.00 bits per heavy atom. The van der Waals surface area contributed by atoms with Gasteiger partial charge < -0.3 is 10.4 Å². The van der Waals surface area contributed by atoms with Gasteiger partial charge in [0.15, 0.2) is 0 Å². The van der Waals surface area contributed by atoms with Crippen LogP contribution in [0.5, 0.6) is 0 Å². The Balaban J connectivity index is 0.000000490. The van der Waals surface area contributed by atoms with Crippen LogP contribution in [0.3, 0.4) is 0 Å². The summed E-state index contributed by atoms with van der Waals surface area (Å²) >= 11 is 0. The van der Waals surface area contributed by atoms with Crippen LogP contribution in [0.1, 0.15) is 12.8 Å². The number of halogens is 1. The van der Waals surface area contributed by atoms with E-state index < -0.39 is 0 Å². The van der Waals surface area contributed by atoms with Gasteiger partial charge in [-0.1, -0.05) is 0 Å². The quantitative estimate of drug-likeness (QED) is 0.540. The first-order chi connectivity index (χ1) is 3.33. The monoisotopic (exact) mass is 137 g/mol. The van der Waals surface area contributed by atoms with E-state index >= 15 is 0 Å².